The molecule has 2 heteroatoms. The van der Waals surface area contributed by atoms with Gasteiger partial charge < -0.3 is 0 Å². The smallest absolute Gasteiger partial charge is 0.197 e. The Hall–Kier alpha value is -1.28. The van der Waals surface area contributed by atoms with E-state index in [0.29, 0.717) is 5.92 Å². The van der Waals surface area contributed by atoms with E-state index in [1.54, 1.807) is 0 Å². The van der Waals surface area contributed by atoms with Gasteiger partial charge in [-0.25, -0.2) is 0 Å². The zero-order chi connectivity index (χ0) is 11.5. The molecule has 0 N–H and O–H groups in total. The van der Waals surface area contributed by atoms with E-state index in [9.17, 15) is 0 Å². The third-order valence-corrected chi connectivity index (χ3v) is 4.20. The number of aromatic nitrogens is 1. The van der Waals surface area contributed by atoms with Crippen molar-refractivity contribution in [3.63, 3.8) is 0 Å². The van der Waals surface area contributed by atoms with Crippen LogP contribution in [0.5, 0.6) is 0 Å². The Balaban J connectivity index is 1.92. The molecule has 2 aliphatic rings. The van der Waals surface area contributed by atoms with E-state index in [-0.39, 0.29) is 0 Å². The molecule has 1 nitrogen and oxygen atoms in total. The van der Waals surface area contributed by atoms with Gasteiger partial charge in [-0.2, -0.15) is 4.57 Å². The van der Waals surface area contributed by atoms with Crippen molar-refractivity contribution in [2.45, 2.75) is 13.0 Å². The van der Waals surface area contributed by atoms with Gasteiger partial charge in [0, 0.05) is 18.1 Å². The van der Waals surface area contributed by atoms with Gasteiger partial charge >= 0.3 is 0 Å². The molecule has 0 radical (unpaired) electrons. The lowest BCUT2D eigenvalue weighted by Crippen LogP contribution is -2.40. The Kier molecular flexibility index (Phi) is 3.14. The first kappa shape index (κ1) is 10.8. The van der Waals surface area contributed by atoms with Crippen molar-refractivity contribution in [1.29, 1.82) is 0 Å². The number of hydrogen-bond acceptors (Lipinski definition) is 1. The van der Waals surface area contributed by atoms with Crippen LogP contribution in [0.15, 0.2) is 54.8 Å². The number of fused-ring (bicyclic) bond motifs is 1. The van der Waals surface area contributed by atoms with E-state index in [0.717, 1.165) is 13.0 Å². The van der Waals surface area contributed by atoms with E-state index in [1.165, 1.54) is 16.4 Å². The molecule has 0 aromatic carbocycles. The Bertz CT molecular complexity index is 499. The average Bonchev–Trinajstić information content (AvgIpc) is 2.40. The molecule has 0 saturated carbocycles. The largest absolute Gasteiger partial charge is 0.218 e. The van der Waals surface area contributed by atoms with Gasteiger partial charge in [-0.15, -0.1) is 11.8 Å². The molecule has 0 spiro atoms. The normalized spacial score (nSPS) is 24.9. The van der Waals surface area contributed by atoms with Crippen LogP contribution in [-0.2, 0) is 6.54 Å². The lowest BCUT2D eigenvalue weighted by atomic mass is 10.00. The molecule has 1 atom stereocenters. The molecule has 0 amide bonds. The number of allylic oxidation sites excluding steroid dienone is 5. The van der Waals surface area contributed by atoms with Gasteiger partial charge in [0.25, 0.3) is 0 Å². The molecule has 1 unspecified atom stereocenters. The summed E-state index contributed by atoms with van der Waals surface area (Å²) in [5.74, 6) is 1.74. The molecular formula is C15H16NS+. The van der Waals surface area contributed by atoms with Gasteiger partial charge in [-0.05, 0) is 12.5 Å². The molecule has 17 heavy (non-hydrogen) atoms. The highest BCUT2D eigenvalue weighted by Gasteiger charge is 2.21. The first-order valence-electron chi connectivity index (χ1n) is 6.10. The van der Waals surface area contributed by atoms with E-state index >= 15 is 0 Å². The summed E-state index contributed by atoms with van der Waals surface area (Å²) in [7, 11) is 0. The first-order chi connectivity index (χ1) is 8.43. The SMILES string of the molecule is C1=CCC(/C=C2\SCC[n+]3ccccc32)C=C1. The molecule has 1 aliphatic heterocycles. The Morgan fingerprint density at radius 3 is 3.18 bits per heavy atom. The highest BCUT2D eigenvalue weighted by atomic mass is 32.2. The molecule has 2 heterocycles. The van der Waals surface area contributed by atoms with Crippen LogP contribution in [0.1, 0.15) is 12.1 Å². The number of thioether (sulfide) groups is 1. The van der Waals surface area contributed by atoms with Crippen molar-refractivity contribution in [1.82, 2.24) is 0 Å². The van der Waals surface area contributed by atoms with Crippen LogP contribution in [0, 0.1) is 5.92 Å². The fourth-order valence-corrected chi connectivity index (χ4v) is 3.39. The monoisotopic (exact) mass is 242 g/mol. The lowest BCUT2D eigenvalue weighted by Gasteiger charge is -2.15. The topological polar surface area (TPSA) is 3.88 Å². The lowest BCUT2D eigenvalue weighted by molar-refractivity contribution is -0.695. The minimum Gasteiger partial charge on any atom is -0.197 e. The summed E-state index contributed by atoms with van der Waals surface area (Å²) in [5.41, 5.74) is 1.37. The van der Waals surface area contributed by atoms with Gasteiger partial charge in [0.05, 0.1) is 10.7 Å². The third kappa shape index (κ3) is 2.37. The summed E-state index contributed by atoms with van der Waals surface area (Å²) < 4.78 is 2.35. The molecule has 0 fully saturated rings. The molecule has 0 saturated heterocycles. The van der Waals surface area contributed by atoms with Gasteiger partial charge in [-0.3, -0.25) is 0 Å². The summed E-state index contributed by atoms with van der Waals surface area (Å²) in [5, 5.41) is 0. The minimum absolute atomic E-state index is 0.564. The van der Waals surface area contributed by atoms with Gasteiger partial charge in [-0.1, -0.05) is 30.4 Å². The minimum atomic E-state index is 0.564. The van der Waals surface area contributed by atoms with Crippen LogP contribution < -0.4 is 4.57 Å². The quantitative estimate of drug-likeness (QED) is 0.684. The molecule has 1 aliphatic carbocycles. The zero-order valence-corrected chi connectivity index (χ0v) is 10.6. The summed E-state index contributed by atoms with van der Waals surface area (Å²) in [4.78, 5) is 1.43. The van der Waals surface area contributed by atoms with Crippen LogP contribution in [0.4, 0.5) is 0 Å². The number of hydrogen-bond donors (Lipinski definition) is 0. The highest BCUT2D eigenvalue weighted by Crippen LogP contribution is 2.31. The number of nitrogens with zero attached hydrogens (tertiary/aromatic N) is 1. The molecule has 3 rings (SSSR count). The van der Waals surface area contributed by atoms with Gasteiger partial charge in [0.2, 0.25) is 5.69 Å². The maximum Gasteiger partial charge on any atom is 0.218 e. The van der Waals surface area contributed by atoms with Crippen molar-refractivity contribution in [2.24, 2.45) is 5.92 Å². The number of rotatable bonds is 1. The zero-order valence-electron chi connectivity index (χ0n) is 9.75. The molecule has 1 aromatic rings. The second-order valence-electron chi connectivity index (χ2n) is 4.37. The maximum atomic E-state index is 2.41. The predicted molar refractivity (Wildman–Crippen MR) is 73.5 cm³/mol. The van der Waals surface area contributed by atoms with E-state index < -0.39 is 0 Å². The van der Waals surface area contributed by atoms with Crippen LogP contribution in [-0.4, -0.2) is 5.75 Å². The predicted octanol–water partition coefficient (Wildman–Crippen LogP) is 3.19. The standard InChI is InChI=1S/C15H16NS/c1-2-6-13(7-3-1)12-15-14-8-4-5-9-16(14)10-11-17-15/h1-6,8-9,12-13H,7,10-11H2/q+1/b15-12-. The van der Waals surface area contributed by atoms with Crippen LogP contribution in [0.3, 0.4) is 0 Å². The van der Waals surface area contributed by atoms with E-state index in [1.807, 2.05) is 11.8 Å². The van der Waals surface area contributed by atoms with Crippen molar-refractivity contribution >= 4 is 16.7 Å². The number of pyridine rings is 1. The van der Waals surface area contributed by atoms with Crippen molar-refractivity contribution < 1.29 is 4.57 Å². The van der Waals surface area contributed by atoms with Crippen molar-refractivity contribution in [2.75, 3.05) is 5.75 Å². The fraction of sp³-hybridized carbons (Fsp3) is 0.267. The fourth-order valence-electron chi connectivity index (χ4n) is 2.27. The van der Waals surface area contributed by atoms with E-state index in [2.05, 4.69) is 59.3 Å². The summed E-state index contributed by atoms with van der Waals surface area (Å²) >= 11 is 1.98. The summed E-state index contributed by atoms with van der Waals surface area (Å²) in [6.45, 7) is 1.12. The first-order valence-corrected chi connectivity index (χ1v) is 7.09. The third-order valence-electron chi connectivity index (χ3n) is 3.16. The summed E-state index contributed by atoms with van der Waals surface area (Å²) in [6.07, 6.45) is 14.5. The Morgan fingerprint density at radius 2 is 2.29 bits per heavy atom. The van der Waals surface area contributed by atoms with Crippen LogP contribution in [0.25, 0.3) is 4.91 Å². The molecular weight excluding hydrogens is 226 g/mol. The maximum absolute atomic E-state index is 2.41. The molecule has 1 aromatic heterocycles. The molecule has 86 valence electrons. The van der Waals surface area contributed by atoms with Crippen molar-refractivity contribution in [3.05, 3.63) is 60.5 Å². The average molecular weight is 242 g/mol. The van der Waals surface area contributed by atoms with Crippen molar-refractivity contribution in [3.8, 4) is 0 Å². The summed E-state index contributed by atoms with van der Waals surface area (Å²) in [6, 6.07) is 6.46. The number of aryl methyl sites for hydroxylation is 1. The highest BCUT2D eigenvalue weighted by molar-refractivity contribution is 8.08. The van der Waals surface area contributed by atoms with Crippen LogP contribution in [0.2, 0.25) is 0 Å². The second-order valence-corrected chi connectivity index (χ2v) is 5.51. The van der Waals surface area contributed by atoms with Crippen LogP contribution >= 0.6 is 11.8 Å². The molecule has 0 bridgehead atoms. The van der Waals surface area contributed by atoms with Gasteiger partial charge in [0.15, 0.2) is 12.7 Å². The Labute approximate surface area is 107 Å². The second kappa shape index (κ2) is 4.92. The Morgan fingerprint density at radius 1 is 1.29 bits per heavy atom. The van der Waals surface area contributed by atoms with E-state index in [4.69, 9.17) is 0 Å². The van der Waals surface area contributed by atoms with Gasteiger partial charge in [0.1, 0.15) is 0 Å².